The summed E-state index contributed by atoms with van der Waals surface area (Å²) in [6.07, 6.45) is 10.2. The van der Waals surface area contributed by atoms with E-state index in [-0.39, 0.29) is 29.7 Å². The van der Waals surface area contributed by atoms with E-state index in [0.717, 1.165) is 36.6 Å². The van der Waals surface area contributed by atoms with Crippen LogP contribution in [0.25, 0.3) is 0 Å². The fourth-order valence-electron chi connectivity index (χ4n) is 6.83. The predicted octanol–water partition coefficient (Wildman–Crippen LogP) is 3.57. The van der Waals surface area contributed by atoms with Crippen molar-refractivity contribution in [3.05, 3.63) is 29.3 Å². The molecule has 5 rings (SSSR count). The van der Waals surface area contributed by atoms with Crippen molar-refractivity contribution in [2.24, 2.45) is 23.5 Å². The summed E-state index contributed by atoms with van der Waals surface area (Å²) in [6, 6.07) is 5.35. The molecule has 1 saturated heterocycles. The van der Waals surface area contributed by atoms with Crippen LogP contribution in [0.15, 0.2) is 18.2 Å². The van der Waals surface area contributed by atoms with Gasteiger partial charge < -0.3 is 16.0 Å². The second-order valence-electron chi connectivity index (χ2n) is 11.1. The molecule has 7 nitrogen and oxygen atoms in total. The van der Waals surface area contributed by atoms with Crippen molar-refractivity contribution in [3.8, 4) is 0 Å². The molecular formula is C27H38N4O3. The van der Waals surface area contributed by atoms with E-state index in [1.807, 2.05) is 12.1 Å². The molecule has 3 amide bonds. The zero-order chi connectivity index (χ0) is 23.9. The van der Waals surface area contributed by atoms with Crippen molar-refractivity contribution in [3.63, 3.8) is 0 Å². The van der Waals surface area contributed by atoms with Crippen LogP contribution in [-0.2, 0) is 16.1 Å². The SMILES string of the molecule is CC1CCC(Nc2cccc3c2CN(C2CCC(=O)NC2=O)C3=O)(C2CCC(CN)CC2)CC1. The molecule has 2 aliphatic heterocycles. The van der Waals surface area contributed by atoms with Crippen molar-refractivity contribution >= 4 is 23.4 Å². The van der Waals surface area contributed by atoms with Gasteiger partial charge in [-0.3, -0.25) is 19.7 Å². The summed E-state index contributed by atoms with van der Waals surface area (Å²) in [5, 5.41) is 6.41. The molecule has 4 aliphatic rings. The van der Waals surface area contributed by atoms with Gasteiger partial charge in [0.1, 0.15) is 6.04 Å². The number of benzene rings is 1. The molecule has 1 unspecified atom stereocenters. The van der Waals surface area contributed by atoms with E-state index in [4.69, 9.17) is 5.73 Å². The van der Waals surface area contributed by atoms with Crippen molar-refractivity contribution < 1.29 is 14.4 Å². The van der Waals surface area contributed by atoms with Crippen LogP contribution in [0, 0.1) is 17.8 Å². The molecule has 4 N–H and O–H groups in total. The van der Waals surface area contributed by atoms with Gasteiger partial charge in [-0.1, -0.05) is 13.0 Å². The van der Waals surface area contributed by atoms with Gasteiger partial charge >= 0.3 is 0 Å². The highest BCUT2D eigenvalue weighted by atomic mass is 16.2. The molecule has 2 heterocycles. The lowest BCUT2D eigenvalue weighted by atomic mass is 9.64. The number of imide groups is 1. The molecule has 1 atom stereocenters. The number of nitrogens with two attached hydrogens (primary N) is 1. The number of hydrogen-bond acceptors (Lipinski definition) is 5. The minimum Gasteiger partial charge on any atom is -0.379 e. The molecule has 34 heavy (non-hydrogen) atoms. The molecule has 7 heteroatoms. The fourth-order valence-corrected chi connectivity index (χ4v) is 6.83. The molecule has 1 aromatic carbocycles. The second-order valence-corrected chi connectivity index (χ2v) is 11.1. The van der Waals surface area contributed by atoms with Gasteiger partial charge in [0.15, 0.2) is 0 Å². The maximum absolute atomic E-state index is 13.3. The first-order chi connectivity index (χ1) is 16.4. The van der Waals surface area contributed by atoms with Gasteiger partial charge in [-0.25, -0.2) is 0 Å². The number of rotatable bonds is 5. The minimum atomic E-state index is -0.582. The molecule has 0 aromatic heterocycles. The van der Waals surface area contributed by atoms with E-state index in [2.05, 4.69) is 23.6 Å². The van der Waals surface area contributed by atoms with Gasteiger partial charge in [-0.2, -0.15) is 0 Å². The van der Waals surface area contributed by atoms with Crippen LogP contribution >= 0.6 is 0 Å². The molecule has 184 valence electrons. The predicted molar refractivity (Wildman–Crippen MR) is 131 cm³/mol. The highest BCUT2D eigenvalue weighted by Crippen LogP contribution is 2.47. The Labute approximate surface area is 202 Å². The van der Waals surface area contributed by atoms with Gasteiger partial charge in [-0.15, -0.1) is 0 Å². The average Bonchev–Trinajstić information content (AvgIpc) is 3.18. The third-order valence-electron chi connectivity index (χ3n) is 9.09. The summed E-state index contributed by atoms with van der Waals surface area (Å²) in [4.78, 5) is 39.0. The quantitative estimate of drug-likeness (QED) is 0.576. The maximum Gasteiger partial charge on any atom is 0.255 e. The lowest BCUT2D eigenvalue weighted by Gasteiger charge is -2.49. The monoisotopic (exact) mass is 466 g/mol. The molecule has 2 aliphatic carbocycles. The summed E-state index contributed by atoms with van der Waals surface area (Å²) in [6.45, 7) is 3.55. The molecule has 0 radical (unpaired) electrons. The first-order valence-electron chi connectivity index (χ1n) is 13.1. The van der Waals surface area contributed by atoms with Gasteiger partial charge in [0, 0.05) is 35.3 Å². The maximum atomic E-state index is 13.3. The highest BCUT2D eigenvalue weighted by molar-refractivity contribution is 6.06. The van der Waals surface area contributed by atoms with E-state index < -0.39 is 6.04 Å². The minimum absolute atomic E-state index is 0.0479. The Kier molecular flexibility index (Phi) is 6.40. The van der Waals surface area contributed by atoms with Crippen LogP contribution < -0.4 is 16.4 Å². The Morgan fingerprint density at radius 3 is 2.47 bits per heavy atom. The van der Waals surface area contributed by atoms with Crippen LogP contribution in [0.2, 0.25) is 0 Å². The lowest BCUT2D eigenvalue weighted by molar-refractivity contribution is -0.136. The first-order valence-corrected chi connectivity index (χ1v) is 13.1. The number of anilines is 1. The summed E-state index contributed by atoms with van der Waals surface area (Å²) < 4.78 is 0. The second kappa shape index (κ2) is 9.33. The number of fused-ring (bicyclic) bond motifs is 1. The summed E-state index contributed by atoms with van der Waals surface area (Å²) in [7, 11) is 0. The van der Waals surface area contributed by atoms with Crippen LogP contribution in [-0.4, -0.2) is 40.7 Å². The molecule has 2 saturated carbocycles. The van der Waals surface area contributed by atoms with Crippen LogP contribution in [0.3, 0.4) is 0 Å². The molecule has 1 aromatic rings. The Bertz CT molecular complexity index is 961. The average molecular weight is 467 g/mol. The topological polar surface area (TPSA) is 105 Å². The third kappa shape index (κ3) is 4.23. The zero-order valence-electron chi connectivity index (χ0n) is 20.3. The summed E-state index contributed by atoms with van der Waals surface area (Å²) in [5.74, 6) is 1.29. The van der Waals surface area contributed by atoms with E-state index >= 15 is 0 Å². The van der Waals surface area contributed by atoms with Gasteiger partial charge in [0.25, 0.3) is 5.91 Å². The highest BCUT2D eigenvalue weighted by Gasteiger charge is 2.44. The first kappa shape index (κ1) is 23.3. The number of carbonyl (C=O) groups excluding carboxylic acids is 3. The number of carbonyl (C=O) groups is 3. The zero-order valence-corrected chi connectivity index (χ0v) is 20.3. The number of piperidine rings is 1. The smallest absolute Gasteiger partial charge is 0.255 e. The summed E-state index contributed by atoms with van der Waals surface area (Å²) in [5.41, 5.74) is 8.73. The van der Waals surface area contributed by atoms with E-state index in [0.29, 0.717) is 30.4 Å². The molecule has 3 fully saturated rings. The van der Waals surface area contributed by atoms with E-state index in [1.165, 1.54) is 38.5 Å². The number of nitrogens with zero attached hydrogens (tertiary/aromatic N) is 1. The van der Waals surface area contributed by atoms with Gasteiger partial charge in [0.05, 0.1) is 0 Å². The van der Waals surface area contributed by atoms with Crippen molar-refractivity contribution in [1.29, 1.82) is 0 Å². The number of nitrogens with one attached hydrogen (secondary N) is 2. The largest absolute Gasteiger partial charge is 0.379 e. The van der Waals surface area contributed by atoms with Crippen molar-refractivity contribution in [2.75, 3.05) is 11.9 Å². The van der Waals surface area contributed by atoms with Crippen LogP contribution in [0.5, 0.6) is 0 Å². The Morgan fingerprint density at radius 1 is 1.06 bits per heavy atom. The third-order valence-corrected chi connectivity index (χ3v) is 9.09. The van der Waals surface area contributed by atoms with Crippen molar-refractivity contribution in [2.45, 2.75) is 89.3 Å². The Morgan fingerprint density at radius 2 is 1.79 bits per heavy atom. The lowest BCUT2D eigenvalue weighted by Crippen LogP contribution is -2.52. The fraction of sp³-hybridized carbons (Fsp3) is 0.667. The number of amides is 3. The van der Waals surface area contributed by atoms with Gasteiger partial charge in [-0.05, 0) is 94.2 Å². The Hall–Kier alpha value is -2.41. The van der Waals surface area contributed by atoms with Crippen molar-refractivity contribution in [1.82, 2.24) is 10.2 Å². The molecular weight excluding hydrogens is 428 g/mol. The molecule has 0 spiro atoms. The van der Waals surface area contributed by atoms with Crippen LogP contribution in [0.1, 0.15) is 87.1 Å². The van der Waals surface area contributed by atoms with E-state index in [1.54, 1.807) is 4.90 Å². The standard InChI is InChI=1S/C27H38N4O3/c1-17-11-13-27(14-12-17,19-7-5-18(15-28)6-8-19)30-22-4-2-3-20-21(22)16-31(26(20)34)23-9-10-24(32)29-25(23)33/h2-4,17-19,23,30H,5-16,28H2,1H3,(H,29,32,33). The normalized spacial score (nSPS) is 34.1. The number of hydrogen-bond donors (Lipinski definition) is 3. The van der Waals surface area contributed by atoms with E-state index in [9.17, 15) is 14.4 Å². The summed E-state index contributed by atoms with van der Waals surface area (Å²) >= 11 is 0. The Balaban J connectivity index is 1.40. The van der Waals surface area contributed by atoms with Gasteiger partial charge in [0.2, 0.25) is 11.8 Å². The molecule has 0 bridgehead atoms. The van der Waals surface area contributed by atoms with Crippen LogP contribution in [0.4, 0.5) is 5.69 Å².